The van der Waals surface area contributed by atoms with Crippen molar-refractivity contribution in [2.75, 3.05) is 7.11 Å². The zero-order chi connectivity index (χ0) is 18.4. The van der Waals surface area contributed by atoms with E-state index in [0.717, 1.165) is 51.1 Å². The monoisotopic (exact) mass is 347 g/mol. The predicted octanol–water partition coefficient (Wildman–Crippen LogP) is 3.82. The van der Waals surface area contributed by atoms with Gasteiger partial charge in [0.25, 0.3) is 0 Å². The van der Waals surface area contributed by atoms with Gasteiger partial charge in [-0.05, 0) is 39.8 Å². The summed E-state index contributed by atoms with van der Waals surface area (Å²) in [5.41, 5.74) is 6.61. The van der Waals surface area contributed by atoms with Crippen molar-refractivity contribution in [2.45, 2.75) is 27.7 Å². The molecule has 0 fully saturated rings. The molecule has 0 aliphatic heterocycles. The second-order valence-electron chi connectivity index (χ2n) is 6.49. The van der Waals surface area contributed by atoms with Crippen LogP contribution in [0.5, 0.6) is 5.75 Å². The van der Waals surface area contributed by atoms with Gasteiger partial charge in [-0.2, -0.15) is 14.7 Å². The van der Waals surface area contributed by atoms with Gasteiger partial charge in [0.05, 0.1) is 24.1 Å². The van der Waals surface area contributed by atoms with E-state index >= 15 is 0 Å². The van der Waals surface area contributed by atoms with Gasteiger partial charge in [0.1, 0.15) is 5.75 Å². The lowest BCUT2D eigenvalue weighted by Crippen LogP contribution is -2.08. The third-order valence-corrected chi connectivity index (χ3v) is 4.48. The van der Waals surface area contributed by atoms with Crippen molar-refractivity contribution in [1.82, 2.24) is 24.4 Å². The summed E-state index contributed by atoms with van der Waals surface area (Å²) < 4.78 is 9.34. The second-order valence-corrected chi connectivity index (χ2v) is 6.49. The van der Waals surface area contributed by atoms with E-state index in [1.165, 1.54) is 0 Å². The van der Waals surface area contributed by atoms with Gasteiger partial charge < -0.3 is 4.74 Å². The van der Waals surface area contributed by atoms with E-state index in [-0.39, 0.29) is 0 Å². The van der Waals surface area contributed by atoms with Crippen LogP contribution in [0, 0.1) is 27.7 Å². The molecule has 0 saturated carbocycles. The summed E-state index contributed by atoms with van der Waals surface area (Å²) >= 11 is 0. The van der Waals surface area contributed by atoms with Gasteiger partial charge in [-0.25, -0.2) is 9.67 Å². The van der Waals surface area contributed by atoms with Gasteiger partial charge in [-0.3, -0.25) is 0 Å². The molecule has 0 N–H and O–H groups in total. The van der Waals surface area contributed by atoms with Crippen LogP contribution in [-0.4, -0.2) is 31.5 Å². The Bertz CT molecular complexity index is 1120. The van der Waals surface area contributed by atoms with Crippen molar-refractivity contribution in [1.29, 1.82) is 0 Å². The molecule has 0 saturated heterocycles. The highest BCUT2D eigenvalue weighted by Crippen LogP contribution is 2.35. The molecule has 6 nitrogen and oxygen atoms in total. The van der Waals surface area contributed by atoms with E-state index in [0.29, 0.717) is 0 Å². The van der Waals surface area contributed by atoms with Gasteiger partial charge in [-0.15, -0.1) is 0 Å². The average molecular weight is 347 g/mol. The standard InChI is InChI=1S/C20H21N5O/c1-12-11-18(24-14(3)10-13(2)22-24)25-20(21-12)19(15(4)23-25)16-8-6-7-9-17(16)26-5/h6-11H,1-5H3. The zero-order valence-corrected chi connectivity index (χ0v) is 15.6. The first-order valence-corrected chi connectivity index (χ1v) is 8.53. The van der Waals surface area contributed by atoms with Crippen LogP contribution in [0.15, 0.2) is 36.4 Å². The fourth-order valence-electron chi connectivity index (χ4n) is 3.40. The summed E-state index contributed by atoms with van der Waals surface area (Å²) in [5, 5.41) is 9.39. The zero-order valence-electron chi connectivity index (χ0n) is 15.6. The van der Waals surface area contributed by atoms with Crippen LogP contribution in [-0.2, 0) is 0 Å². The second kappa shape index (κ2) is 5.98. The smallest absolute Gasteiger partial charge is 0.165 e. The maximum atomic E-state index is 5.56. The minimum absolute atomic E-state index is 0.801. The third kappa shape index (κ3) is 2.45. The topological polar surface area (TPSA) is 57.2 Å². The predicted molar refractivity (Wildman–Crippen MR) is 101 cm³/mol. The van der Waals surface area contributed by atoms with Crippen molar-refractivity contribution < 1.29 is 4.74 Å². The van der Waals surface area contributed by atoms with Crippen LogP contribution >= 0.6 is 0 Å². The number of fused-ring (bicyclic) bond motifs is 1. The number of hydrogen-bond acceptors (Lipinski definition) is 4. The fraction of sp³-hybridized carbons (Fsp3) is 0.250. The summed E-state index contributed by atoms with van der Waals surface area (Å²) in [7, 11) is 1.68. The SMILES string of the molecule is COc1ccccc1-c1c(C)nn2c(-n3nc(C)cc3C)cc(C)nc12. The number of aromatic nitrogens is 5. The van der Waals surface area contributed by atoms with Gasteiger partial charge in [0.2, 0.25) is 0 Å². The minimum Gasteiger partial charge on any atom is -0.496 e. The van der Waals surface area contributed by atoms with Crippen molar-refractivity contribution >= 4 is 5.65 Å². The first kappa shape index (κ1) is 16.3. The number of nitrogens with zero attached hydrogens (tertiary/aromatic N) is 5. The van der Waals surface area contributed by atoms with E-state index in [1.807, 2.05) is 67.2 Å². The molecule has 6 heteroatoms. The van der Waals surface area contributed by atoms with Crippen molar-refractivity contribution in [3.8, 4) is 22.7 Å². The van der Waals surface area contributed by atoms with Gasteiger partial charge in [-0.1, -0.05) is 18.2 Å². The average Bonchev–Trinajstić information content (AvgIpc) is 3.12. The van der Waals surface area contributed by atoms with E-state index in [2.05, 4.69) is 11.2 Å². The molecule has 4 rings (SSSR count). The van der Waals surface area contributed by atoms with Crippen molar-refractivity contribution in [3.63, 3.8) is 0 Å². The number of aryl methyl sites for hydroxylation is 4. The summed E-state index contributed by atoms with van der Waals surface area (Å²) in [6.07, 6.45) is 0. The Morgan fingerprint density at radius 2 is 1.69 bits per heavy atom. The number of hydrogen-bond donors (Lipinski definition) is 0. The first-order chi connectivity index (χ1) is 12.5. The molecule has 132 valence electrons. The summed E-state index contributed by atoms with van der Waals surface area (Å²) in [6, 6.07) is 12.0. The highest BCUT2D eigenvalue weighted by atomic mass is 16.5. The lowest BCUT2D eigenvalue weighted by Gasteiger charge is -2.10. The van der Waals surface area contributed by atoms with E-state index < -0.39 is 0 Å². The molecule has 3 heterocycles. The highest BCUT2D eigenvalue weighted by molar-refractivity contribution is 5.84. The number of para-hydroxylation sites is 1. The Balaban J connectivity index is 2.06. The maximum Gasteiger partial charge on any atom is 0.165 e. The summed E-state index contributed by atoms with van der Waals surface area (Å²) in [4.78, 5) is 4.77. The largest absolute Gasteiger partial charge is 0.496 e. The van der Waals surface area contributed by atoms with Gasteiger partial charge in [0, 0.05) is 23.0 Å². The summed E-state index contributed by atoms with van der Waals surface area (Å²) in [6.45, 7) is 8.02. The molecule has 26 heavy (non-hydrogen) atoms. The number of benzene rings is 1. The van der Waals surface area contributed by atoms with Crippen LogP contribution in [0.25, 0.3) is 22.6 Å². The molecule has 0 aliphatic carbocycles. The Morgan fingerprint density at radius 1 is 0.923 bits per heavy atom. The third-order valence-electron chi connectivity index (χ3n) is 4.48. The van der Waals surface area contributed by atoms with E-state index in [4.69, 9.17) is 14.8 Å². The van der Waals surface area contributed by atoms with Crippen molar-refractivity contribution in [2.24, 2.45) is 0 Å². The lowest BCUT2D eigenvalue weighted by atomic mass is 10.1. The molecule has 0 spiro atoms. The Labute approximate surface area is 152 Å². The molecular formula is C20H21N5O. The van der Waals surface area contributed by atoms with Crippen LogP contribution in [0.3, 0.4) is 0 Å². The molecule has 0 atom stereocenters. The minimum atomic E-state index is 0.801. The van der Waals surface area contributed by atoms with Gasteiger partial charge in [0.15, 0.2) is 11.5 Å². The van der Waals surface area contributed by atoms with E-state index in [1.54, 1.807) is 7.11 Å². The highest BCUT2D eigenvalue weighted by Gasteiger charge is 2.20. The van der Waals surface area contributed by atoms with Crippen LogP contribution in [0.2, 0.25) is 0 Å². The normalized spacial score (nSPS) is 11.3. The Kier molecular flexibility index (Phi) is 3.76. The molecule has 1 aromatic carbocycles. The number of ether oxygens (including phenoxy) is 1. The van der Waals surface area contributed by atoms with Crippen LogP contribution in [0.1, 0.15) is 22.8 Å². The Morgan fingerprint density at radius 3 is 2.38 bits per heavy atom. The molecule has 0 radical (unpaired) electrons. The quantitative estimate of drug-likeness (QED) is 0.565. The van der Waals surface area contributed by atoms with Crippen LogP contribution in [0.4, 0.5) is 0 Å². The first-order valence-electron chi connectivity index (χ1n) is 8.53. The molecule has 0 unspecified atom stereocenters. The fourth-order valence-corrected chi connectivity index (χ4v) is 3.40. The number of methoxy groups -OCH3 is 1. The van der Waals surface area contributed by atoms with Crippen molar-refractivity contribution in [3.05, 3.63) is 59.2 Å². The molecule has 0 aliphatic rings. The maximum absolute atomic E-state index is 5.56. The van der Waals surface area contributed by atoms with Gasteiger partial charge >= 0.3 is 0 Å². The summed E-state index contributed by atoms with van der Waals surface area (Å²) in [5.74, 6) is 1.68. The molecule has 0 bridgehead atoms. The molecule has 4 aromatic rings. The lowest BCUT2D eigenvalue weighted by molar-refractivity contribution is 0.416. The Hall–Kier alpha value is -3.15. The molecular weight excluding hydrogens is 326 g/mol. The molecule has 3 aromatic heterocycles. The molecule has 0 amide bonds. The van der Waals surface area contributed by atoms with Crippen LogP contribution < -0.4 is 4.74 Å². The van der Waals surface area contributed by atoms with E-state index in [9.17, 15) is 0 Å². The number of rotatable bonds is 3.